The molecule has 0 fully saturated rings. The summed E-state index contributed by atoms with van der Waals surface area (Å²) in [6.45, 7) is 6.47. The average Bonchev–Trinajstić information content (AvgIpc) is 2.92. The molecule has 0 heterocycles. The first-order valence-corrected chi connectivity index (χ1v) is 16.9. The molecule has 0 radical (unpaired) electrons. The van der Waals surface area contributed by atoms with Crippen LogP contribution in [0.25, 0.3) is 0 Å². The highest BCUT2D eigenvalue weighted by atomic mass is 16.3. The Hall–Kier alpha value is -0.870. The van der Waals surface area contributed by atoms with E-state index < -0.39 is 12.1 Å². The molecular weight excluding hydrogens is 470 g/mol. The van der Waals surface area contributed by atoms with E-state index in [9.17, 15) is 15.0 Å². The van der Waals surface area contributed by atoms with E-state index in [4.69, 9.17) is 0 Å². The first-order chi connectivity index (χ1) is 18.6. The van der Waals surface area contributed by atoms with Crippen LogP contribution in [-0.4, -0.2) is 34.9 Å². The van der Waals surface area contributed by atoms with Crippen LogP contribution >= 0.6 is 0 Å². The van der Waals surface area contributed by atoms with Crippen LogP contribution in [0.5, 0.6) is 0 Å². The van der Waals surface area contributed by atoms with Crippen molar-refractivity contribution in [2.45, 2.75) is 187 Å². The zero-order valence-corrected chi connectivity index (χ0v) is 25.9. The summed E-state index contributed by atoms with van der Waals surface area (Å²) in [6, 6.07) is -0.626. The monoisotopic (exact) mass is 538 g/mol. The smallest absolute Gasteiger partial charge is 0.223 e. The molecule has 0 saturated heterocycles. The Bertz CT molecular complexity index is 522. The van der Waals surface area contributed by atoms with E-state index in [0.29, 0.717) is 0 Å². The van der Waals surface area contributed by atoms with Crippen LogP contribution in [0.3, 0.4) is 0 Å². The van der Waals surface area contributed by atoms with Crippen LogP contribution in [-0.2, 0) is 4.79 Å². The Morgan fingerprint density at radius 1 is 0.632 bits per heavy atom. The second-order valence-corrected chi connectivity index (χ2v) is 11.6. The molecule has 0 spiro atoms. The number of amides is 1. The highest BCUT2D eigenvalue weighted by Crippen LogP contribution is 2.20. The number of hydrogen-bond acceptors (Lipinski definition) is 3. The molecule has 226 valence electrons. The summed E-state index contributed by atoms with van der Waals surface area (Å²) in [7, 11) is 0. The van der Waals surface area contributed by atoms with Gasteiger partial charge in [-0.2, -0.15) is 0 Å². The highest BCUT2D eigenvalue weighted by molar-refractivity contribution is 5.79. The second kappa shape index (κ2) is 29.1. The van der Waals surface area contributed by atoms with Gasteiger partial charge in [-0.05, 0) is 25.7 Å². The summed E-state index contributed by atoms with van der Waals surface area (Å²) in [4.78, 5) is 13.1. The predicted molar refractivity (Wildman–Crippen MR) is 165 cm³/mol. The lowest BCUT2D eigenvalue weighted by Crippen LogP contribution is -2.47. The van der Waals surface area contributed by atoms with Gasteiger partial charge in [0.05, 0.1) is 18.8 Å². The molecule has 0 aliphatic rings. The normalized spacial score (nSPS) is 14.1. The average molecular weight is 538 g/mol. The number of rotatable bonds is 29. The number of nitrogens with one attached hydrogen (secondary N) is 1. The molecule has 0 bridgehead atoms. The summed E-state index contributed by atoms with van der Waals surface area (Å²) in [5, 5.41) is 23.4. The lowest BCUT2D eigenvalue weighted by molar-refractivity contribution is -0.127. The van der Waals surface area contributed by atoms with Crippen LogP contribution in [0.2, 0.25) is 0 Å². The minimum absolute atomic E-state index is 0.00641. The largest absolute Gasteiger partial charge is 0.394 e. The number of aliphatic hydroxyl groups excluding tert-OH is 2. The lowest BCUT2D eigenvalue weighted by Gasteiger charge is -2.24. The van der Waals surface area contributed by atoms with Gasteiger partial charge in [0.25, 0.3) is 0 Å². The quantitative estimate of drug-likeness (QED) is 0.0657. The van der Waals surface area contributed by atoms with Crippen LogP contribution in [0.15, 0.2) is 12.2 Å². The fourth-order valence-corrected chi connectivity index (χ4v) is 5.23. The van der Waals surface area contributed by atoms with Gasteiger partial charge in [0, 0.05) is 5.92 Å². The lowest BCUT2D eigenvalue weighted by atomic mass is 9.93. The minimum Gasteiger partial charge on any atom is -0.394 e. The first kappa shape index (κ1) is 37.1. The van der Waals surface area contributed by atoms with Gasteiger partial charge >= 0.3 is 0 Å². The van der Waals surface area contributed by atoms with Crippen molar-refractivity contribution in [1.82, 2.24) is 5.32 Å². The van der Waals surface area contributed by atoms with Crippen LogP contribution in [0, 0.1) is 5.92 Å². The van der Waals surface area contributed by atoms with Crippen molar-refractivity contribution < 1.29 is 15.0 Å². The molecule has 4 heteroatoms. The SMILES string of the molecule is CCCCCCCCCCCCCC=CC(O)C(CO)NC(=O)C(CCCCCC)CCCCCCCC. The Kier molecular flexibility index (Phi) is 28.5. The van der Waals surface area contributed by atoms with Crippen molar-refractivity contribution in [3.05, 3.63) is 12.2 Å². The maximum absolute atomic E-state index is 13.1. The van der Waals surface area contributed by atoms with E-state index >= 15 is 0 Å². The summed E-state index contributed by atoms with van der Waals surface area (Å²) in [5.41, 5.74) is 0. The Labute approximate surface area is 237 Å². The zero-order chi connectivity index (χ0) is 28.1. The minimum atomic E-state index is -0.841. The molecule has 0 aromatic rings. The van der Waals surface area contributed by atoms with Gasteiger partial charge in [-0.3, -0.25) is 4.79 Å². The van der Waals surface area contributed by atoms with E-state index in [1.165, 1.54) is 116 Å². The predicted octanol–water partition coefficient (Wildman–Crippen LogP) is 9.42. The van der Waals surface area contributed by atoms with Gasteiger partial charge in [0.2, 0.25) is 5.91 Å². The van der Waals surface area contributed by atoms with Crippen molar-refractivity contribution in [2.75, 3.05) is 6.61 Å². The molecular formula is C34H67NO3. The van der Waals surface area contributed by atoms with Gasteiger partial charge in [0.15, 0.2) is 0 Å². The standard InChI is InChI=1S/C34H67NO3/c1-4-7-10-13-15-16-17-18-19-20-21-23-26-29-33(37)32(30-36)35-34(38)31(27-24-12-9-6-3)28-25-22-14-11-8-5-2/h26,29,31-33,36-37H,4-25,27-28,30H2,1-3H3,(H,35,38). The van der Waals surface area contributed by atoms with Crippen molar-refractivity contribution >= 4 is 5.91 Å². The van der Waals surface area contributed by atoms with E-state index in [-0.39, 0.29) is 18.4 Å². The molecule has 0 aromatic carbocycles. The molecule has 38 heavy (non-hydrogen) atoms. The first-order valence-electron chi connectivity index (χ1n) is 16.9. The molecule has 1 amide bonds. The second-order valence-electron chi connectivity index (χ2n) is 11.6. The van der Waals surface area contributed by atoms with Gasteiger partial charge in [0.1, 0.15) is 0 Å². The highest BCUT2D eigenvalue weighted by Gasteiger charge is 2.23. The van der Waals surface area contributed by atoms with Crippen LogP contribution < -0.4 is 5.32 Å². The number of hydrogen-bond donors (Lipinski definition) is 3. The van der Waals surface area contributed by atoms with Gasteiger partial charge < -0.3 is 15.5 Å². The third-order valence-electron chi connectivity index (χ3n) is 7.93. The molecule has 0 saturated carbocycles. The van der Waals surface area contributed by atoms with Crippen molar-refractivity contribution in [3.8, 4) is 0 Å². The molecule has 3 atom stereocenters. The third kappa shape index (κ3) is 23.1. The summed E-state index contributed by atoms with van der Waals surface area (Å²) in [5.74, 6) is -0.00785. The van der Waals surface area contributed by atoms with Gasteiger partial charge in [-0.25, -0.2) is 0 Å². The van der Waals surface area contributed by atoms with Crippen LogP contribution in [0.4, 0.5) is 0 Å². The number of carbonyl (C=O) groups excluding carboxylic acids is 1. The molecule has 0 aliphatic carbocycles. The fourth-order valence-electron chi connectivity index (χ4n) is 5.23. The van der Waals surface area contributed by atoms with Crippen molar-refractivity contribution in [2.24, 2.45) is 5.92 Å². The molecule has 0 aliphatic heterocycles. The van der Waals surface area contributed by atoms with Crippen molar-refractivity contribution in [3.63, 3.8) is 0 Å². The number of allylic oxidation sites excluding steroid dienone is 1. The maximum Gasteiger partial charge on any atom is 0.223 e. The third-order valence-corrected chi connectivity index (χ3v) is 7.93. The topological polar surface area (TPSA) is 69.6 Å². The number of carbonyl (C=O) groups is 1. The zero-order valence-electron chi connectivity index (χ0n) is 25.9. The summed E-state index contributed by atoms with van der Waals surface area (Å²) in [6.07, 6.45) is 32.3. The van der Waals surface area contributed by atoms with E-state index in [2.05, 4.69) is 26.1 Å². The van der Waals surface area contributed by atoms with Crippen LogP contribution in [0.1, 0.15) is 175 Å². The maximum atomic E-state index is 13.1. The summed E-state index contributed by atoms with van der Waals surface area (Å²) >= 11 is 0. The van der Waals surface area contributed by atoms with Gasteiger partial charge in [-0.15, -0.1) is 0 Å². The van der Waals surface area contributed by atoms with E-state index in [0.717, 1.165) is 38.5 Å². The summed E-state index contributed by atoms with van der Waals surface area (Å²) < 4.78 is 0. The molecule has 0 rings (SSSR count). The van der Waals surface area contributed by atoms with E-state index in [1.807, 2.05) is 6.08 Å². The van der Waals surface area contributed by atoms with Gasteiger partial charge in [-0.1, -0.05) is 161 Å². The van der Waals surface area contributed by atoms with E-state index in [1.54, 1.807) is 6.08 Å². The van der Waals surface area contributed by atoms with Crippen molar-refractivity contribution in [1.29, 1.82) is 0 Å². The fraction of sp³-hybridized carbons (Fsp3) is 0.912. The molecule has 3 N–H and O–H groups in total. The molecule has 4 nitrogen and oxygen atoms in total. The molecule has 0 aromatic heterocycles. The molecule has 3 unspecified atom stereocenters. The Balaban J connectivity index is 4.28. The Morgan fingerprint density at radius 2 is 1.03 bits per heavy atom. The number of unbranched alkanes of at least 4 members (excludes halogenated alkanes) is 19. The number of aliphatic hydroxyl groups is 2. The Morgan fingerprint density at radius 3 is 1.47 bits per heavy atom.